The van der Waals surface area contributed by atoms with Crippen molar-refractivity contribution in [3.63, 3.8) is 0 Å². The molecule has 0 amide bonds. The Morgan fingerprint density at radius 2 is 1.52 bits per heavy atom. The van der Waals surface area contributed by atoms with Crippen LogP contribution in [0.2, 0.25) is 0 Å². The van der Waals surface area contributed by atoms with Gasteiger partial charge in [-0.1, -0.05) is 42.0 Å². The molecule has 29 heavy (non-hydrogen) atoms. The van der Waals surface area contributed by atoms with Crippen LogP contribution >= 0.6 is 12.2 Å². The summed E-state index contributed by atoms with van der Waals surface area (Å²) in [5.41, 5.74) is 8.21. The molecule has 0 heterocycles. The smallest absolute Gasteiger partial charge is 0.191 e. The van der Waals surface area contributed by atoms with Gasteiger partial charge >= 0.3 is 0 Å². The summed E-state index contributed by atoms with van der Waals surface area (Å²) in [4.78, 5) is 0. The zero-order valence-electron chi connectivity index (χ0n) is 17.0. The van der Waals surface area contributed by atoms with Gasteiger partial charge in [0.2, 0.25) is 0 Å². The second-order valence-corrected chi connectivity index (χ2v) is 9.92. The number of thiocarbonyl (C=S) groups is 1. The first-order valence-corrected chi connectivity index (χ1v) is 11.3. The predicted octanol–water partition coefficient (Wildman–Crippen LogP) is 5.78. The van der Waals surface area contributed by atoms with Crippen molar-refractivity contribution in [2.75, 3.05) is 5.32 Å². The van der Waals surface area contributed by atoms with Crippen LogP contribution in [0.3, 0.4) is 0 Å². The fourth-order valence-electron chi connectivity index (χ4n) is 6.35. The molecule has 0 saturated heterocycles. The average molecular weight is 404 g/mol. The van der Waals surface area contributed by atoms with Crippen molar-refractivity contribution < 1.29 is 0 Å². The molecule has 2 aromatic rings. The molecule has 4 heteroatoms. The summed E-state index contributed by atoms with van der Waals surface area (Å²) in [6.45, 7) is 2.07. The molecule has 6 rings (SSSR count). The maximum atomic E-state index is 5.32. The van der Waals surface area contributed by atoms with Crippen LogP contribution in [-0.2, 0) is 5.41 Å². The quantitative estimate of drug-likeness (QED) is 0.386. The molecule has 4 aliphatic rings. The third-order valence-corrected chi connectivity index (χ3v) is 7.44. The van der Waals surface area contributed by atoms with Gasteiger partial charge in [0.1, 0.15) is 0 Å². The Balaban J connectivity index is 1.20. The monoisotopic (exact) mass is 403 g/mol. The molecule has 0 unspecified atom stereocenters. The second kappa shape index (κ2) is 7.56. The van der Waals surface area contributed by atoms with E-state index in [0.717, 1.165) is 29.0 Å². The topological polar surface area (TPSA) is 36.4 Å². The van der Waals surface area contributed by atoms with Gasteiger partial charge in [0.25, 0.3) is 0 Å². The number of nitrogens with zero attached hydrogens (tertiary/aromatic N) is 1. The van der Waals surface area contributed by atoms with Gasteiger partial charge in [-0.15, -0.1) is 0 Å². The van der Waals surface area contributed by atoms with E-state index in [0.29, 0.717) is 10.5 Å². The van der Waals surface area contributed by atoms with Crippen LogP contribution in [-0.4, -0.2) is 11.3 Å². The van der Waals surface area contributed by atoms with Crippen LogP contribution in [0.15, 0.2) is 53.6 Å². The van der Waals surface area contributed by atoms with Crippen molar-refractivity contribution >= 4 is 29.2 Å². The Morgan fingerprint density at radius 3 is 2.10 bits per heavy atom. The highest BCUT2D eigenvalue weighted by atomic mass is 32.1. The maximum Gasteiger partial charge on any atom is 0.191 e. The summed E-state index contributed by atoms with van der Waals surface area (Å²) >= 11 is 5.32. The lowest BCUT2D eigenvalue weighted by Crippen LogP contribution is -2.48. The molecule has 0 aliphatic heterocycles. The van der Waals surface area contributed by atoms with Crippen LogP contribution < -0.4 is 10.7 Å². The Bertz CT molecular complexity index is 879. The Hall–Kier alpha value is -2.20. The van der Waals surface area contributed by atoms with E-state index in [1.54, 1.807) is 5.56 Å². The summed E-state index contributed by atoms with van der Waals surface area (Å²) < 4.78 is 0. The number of hydrogen-bond donors (Lipinski definition) is 2. The summed E-state index contributed by atoms with van der Waals surface area (Å²) in [5, 5.41) is 7.94. The summed E-state index contributed by atoms with van der Waals surface area (Å²) in [6, 6.07) is 17.2. The molecule has 0 spiro atoms. The zero-order chi connectivity index (χ0) is 19.8. The minimum Gasteiger partial charge on any atom is -0.331 e. The summed E-state index contributed by atoms with van der Waals surface area (Å²) in [5.74, 6) is 2.94. The van der Waals surface area contributed by atoms with E-state index in [-0.39, 0.29) is 0 Å². The van der Waals surface area contributed by atoms with Crippen molar-refractivity contribution in [2.45, 2.75) is 50.9 Å². The first kappa shape index (κ1) is 18.8. The highest BCUT2D eigenvalue weighted by molar-refractivity contribution is 7.80. The molecule has 0 radical (unpaired) electrons. The molecule has 2 aromatic carbocycles. The van der Waals surface area contributed by atoms with E-state index >= 15 is 0 Å². The molecule has 0 aromatic heterocycles. The van der Waals surface area contributed by atoms with Crippen molar-refractivity contribution in [1.29, 1.82) is 0 Å². The Labute approximate surface area is 179 Å². The number of rotatable bonds is 4. The van der Waals surface area contributed by atoms with E-state index in [1.165, 1.54) is 44.1 Å². The molecule has 0 atom stereocenters. The van der Waals surface area contributed by atoms with Gasteiger partial charge in [-0.05, 0) is 104 Å². The number of anilines is 1. The van der Waals surface area contributed by atoms with Crippen molar-refractivity contribution in [3.8, 4) is 0 Å². The van der Waals surface area contributed by atoms with Crippen LogP contribution in [0.1, 0.15) is 55.2 Å². The fraction of sp³-hybridized carbons (Fsp3) is 0.440. The molecule has 3 nitrogen and oxygen atoms in total. The van der Waals surface area contributed by atoms with Crippen LogP contribution in [0.25, 0.3) is 0 Å². The van der Waals surface area contributed by atoms with Gasteiger partial charge in [-0.3, -0.25) is 5.43 Å². The molecule has 4 fully saturated rings. The molecule has 4 bridgehead atoms. The largest absolute Gasteiger partial charge is 0.331 e. The highest BCUT2D eigenvalue weighted by Crippen LogP contribution is 2.60. The van der Waals surface area contributed by atoms with E-state index < -0.39 is 0 Å². The first-order valence-electron chi connectivity index (χ1n) is 10.9. The third kappa shape index (κ3) is 3.95. The van der Waals surface area contributed by atoms with E-state index in [4.69, 9.17) is 12.2 Å². The normalized spacial score (nSPS) is 29.9. The van der Waals surface area contributed by atoms with Crippen LogP contribution in [0.5, 0.6) is 0 Å². The zero-order valence-corrected chi connectivity index (χ0v) is 17.8. The Kier molecular flexibility index (Phi) is 4.91. The summed E-state index contributed by atoms with van der Waals surface area (Å²) in [7, 11) is 0. The first-order chi connectivity index (χ1) is 14.1. The van der Waals surface area contributed by atoms with E-state index in [9.17, 15) is 0 Å². The highest BCUT2D eigenvalue weighted by Gasteiger charge is 2.51. The molecule has 4 aliphatic carbocycles. The number of hydrazone groups is 1. The molecule has 4 saturated carbocycles. The van der Waals surface area contributed by atoms with Crippen molar-refractivity contribution in [1.82, 2.24) is 5.43 Å². The van der Waals surface area contributed by atoms with Gasteiger partial charge < -0.3 is 5.32 Å². The minimum absolute atomic E-state index is 0.461. The number of nitrogens with one attached hydrogen (secondary N) is 2. The molecule has 150 valence electrons. The maximum absolute atomic E-state index is 5.32. The third-order valence-electron chi connectivity index (χ3n) is 7.25. The standard InChI is InChI=1S/C25H29N3S/c1-17-2-8-23(9-3-17)27-24(29)28-26-16-18-4-6-22(7-5-18)25-13-19-10-20(14-25)12-21(11-19)15-25/h2-9,16,19-21H,10-15H2,1H3,(H2,27,28,29). The van der Waals surface area contributed by atoms with Gasteiger partial charge in [0.15, 0.2) is 5.11 Å². The number of hydrogen-bond acceptors (Lipinski definition) is 2. The van der Waals surface area contributed by atoms with E-state index in [1.807, 2.05) is 18.3 Å². The lowest BCUT2D eigenvalue weighted by atomic mass is 9.48. The van der Waals surface area contributed by atoms with Crippen molar-refractivity contribution in [3.05, 3.63) is 65.2 Å². The lowest BCUT2D eigenvalue weighted by molar-refractivity contribution is -0.00518. The Morgan fingerprint density at radius 1 is 0.931 bits per heavy atom. The van der Waals surface area contributed by atoms with Gasteiger partial charge in [-0.25, -0.2) is 0 Å². The second-order valence-electron chi connectivity index (χ2n) is 9.51. The molecular formula is C25H29N3S. The SMILES string of the molecule is Cc1ccc(NC(=S)NN=Cc2ccc(C34CC5CC(CC(C5)C3)C4)cc2)cc1. The average Bonchev–Trinajstić information content (AvgIpc) is 2.69. The molecular weight excluding hydrogens is 374 g/mol. The summed E-state index contributed by atoms with van der Waals surface area (Å²) in [6.07, 6.45) is 10.5. The van der Waals surface area contributed by atoms with Crippen LogP contribution in [0, 0.1) is 24.7 Å². The van der Waals surface area contributed by atoms with Gasteiger partial charge in [-0.2, -0.15) is 5.10 Å². The number of aryl methyl sites for hydroxylation is 1. The van der Waals surface area contributed by atoms with Gasteiger partial charge in [0.05, 0.1) is 6.21 Å². The minimum atomic E-state index is 0.461. The van der Waals surface area contributed by atoms with Crippen molar-refractivity contribution in [2.24, 2.45) is 22.9 Å². The molecule has 2 N–H and O–H groups in total. The predicted molar refractivity (Wildman–Crippen MR) is 124 cm³/mol. The van der Waals surface area contributed by atoms with Gasteiger partial charge in [0, 0.05) is 5.69 Å². The van der Waals surface area contributed by atoms with Crippen LogP contribution in [0.4, 0.5) is 5.69 Å². The van der Waals surface area contributed by atoms with E-state index in [2.05, 4.69) is 59.2 Å². The fourth-order valence-corrected chi connectivity index (χ4v) is 6.52. The lowest BCUT2D eigenvalue weighted by Gasteiger charge is -2.57. The number of benzene rings is 2.